The number of nitrogens with one attached hydrogen (secondary N) is 1. The first kappa shape index (κ1) is 12.5. The van der Waals surface area contributed by atoms with Gasteiger partial charge in [-0.2, -0.15) is 0 Å². The second-order valence-electron chi connectivity index (χ2n) is 4.30. The number of hydrogen-bond donors (Lipinski definition) is 1. The van der Waals surface area contributed by atoms with Crippen LogP contribution in [0.25, 0.3) is 0 Å². The molecule has 15 heavy (non-hydrogen) atoms. The summed E-state index contributed by atoms with van der Waals surface area (Å²) < 4.78 is 0. The summed E-state index contributed by atoms with van der Waals surface area (Å²) in [6, 6.07) is 0. The van der Waals surface area contributed by atoms with E-state index >= 15 is 0 Å². The molecule has 1 aliphatic rings. The van der Waals surface area contributed by atoms with Gasteiger partial charge in [0, 0.05) is 26.1 Å². The molecular weight excluding hydrogens is 188 g/mol. The molecule has 0 spiro atoms. The van der Waals surface area contributed by atoms with Crippen molar-refractivity contribution in [3.8, 4) is 0 Å². The fourth-order valence-electron chi connectivity index (χ4n) is 1.96. The molecule has 1 rings (SSSR count). The first-order valence-electron chi connectivity index (χ1n) is 6.33. The number of rotatable bonds is 5. The molecular formula is C12H24N2O. The highest BCUT2D eigenvalue weighted by Crippen LogP contribution is 2.06. The summed E-state index contributed by atoms with van der Waals surface area (Å²) in [5.41, 5.74) is 0. The minimum atomic E-state index is 0.356. The van der Waals surface area contributed by atoms with Crippen LogP contribution in [-0.2, 0) is 4.79 Å². The van der Waals surface area contributed by atoms with Gasteiger partial charge in [-0.3, -0.25) is 4.79 Å². The molecule has 0 unspecified atom stereocenters. The van der Waals surface area contributed by atoms with E-state index in [0.29, 0.717) is 5.91 Å². The van der Waals surface area contributed by atoms with Crippen molar-refractivity contribution in [2.24, 2.45) is 0 Å². The molecule has 0 radical (unpaired) electrons. The average molecular weight is 212 g/mol. The summed E-state index contributed by atoms with van der Waals surface area (Å²) in [7, 11) is 0. The Balaban J connectivity index is 2.14. The average Bonchev–Trinajstić information content (AvgIpc) is 2.52. The molecule has 1 saturated heterocycles. The zero-order valence-electron chi connectivity index (χ0n) is 9.93. The van der Waals surface area contributed by atoms with Crippen molar-refractivity contribution in [2.45, 2.75) is 45.4 Å². The molecule has 1 aliphatic heterocycles. The molecule has 0 aromatic carbocycles. The van der Waals surface area contributed by atoms with Gasteiger partial charge in [-0.05, 0) is 19.4 Å². The molecule has 3 heteroatoms. The van der Waals surface area contributed by atoms with Crippen LogP contribution in [-0.4, -0.2) is 37.0 Å². The summed E-state index contributed by atoms with van der Waals surface area (Å²) in [6.07, 6.45) is 6.61. The molecule has 0 bridgehead atoms. The summed E-state index contributed by atoms with van der Waals surface area (Å²) >= 11 is 0. The molecule has 3 nitrogen and oxygen atoms in total. The van der Waals surface area contributed by atoms with Crippen LogP contribution in [0.1, 0.15) is 45.4 Å². The van der Waals surface area contributed by atoms with Gasteiger partial charge in [0.1, 0.15) is 0 Å². The zero-order chi connectivity index (χ0) is 10.9. The van der Waals surface area contributed by atoms with E-state index in [1.165, 1.54) is 19.3 Å². The third-order valence-electron chi connectivity index (χ3n) is 2.94. The fourth-order valence-corrected chi connectivity index (χ4v) is 1.96. The van der Waals surface area contributed by atoms with Crippen molar-refractivity contribution in [3.63, 3.8) is 0 Å². The van der Waals surface area contributed by atoms with Gasteiger partial charge >= 0.3 is 0 Å². The summed E-state index contributed by atoms with van der Waals surface area (Å²) in [5, 5.41) is 3.31. The Bertz CT molecular complexity index is 174. The summed E-state index contributed by atoms with van der Waals surface area (Å²) in [4.78, 5) is 13.8. The van der Waals surface area contributed by atoms with Crippen molar-refractivity contribution < 1.29 is 4.79 Å². The predicted molar refractivity (Wildman–Crippen MR) is 62.8 cm³/mol. The molecule has 1 heterocycles. The fraction of sp³-hybridized carbons (Fsp3) is 0.917. The molecule has 1 N–H and O–H groups in total. The minimum Gasteiger partial charge on any atom is -0.341 e. The molecule has 0 atom stereocenters. The SMILES string of the molecule is CCCCCCC(=O)N1CCCNCC1. The lowest BCUT2D eigenvalue weighted by atomic mass is 10.1. The third-order valence-corrected chi connectivity index (χ3v) is 2.94. The second-order valence-corrected chi connectivity index (χ2v) is 4.30. The topological polar surface area (TPSA) is 32.3 Å². The minimum absolute atomic E-state index is 0.356. The van der Waals surface area contributed by atoms with E-state index in [1.807, 2.05) is 4.90 Å². The molecule has 1 fully saturated rings. The Morgan fingerprint density at radius 2 is 2.07 bits per heavy atom. The predicted octanol–water partition coefficient (Wildman–Crippen LogP) is 1.78. The van der Waals surface area contributed by atoms with E-state index in [4.69, 9.17) is 0 Å². The van der Waals surface area contributed by atoms with Gasteiger partial charge in [0.2, 0.25) is 5.91 Å². The summed E-state index contributed by atoms with van der Waals surface area (Å²) in [6.45, 7) is 6.05. The van der Waals surface area contributed by atoms with Crippen LogP contribution in [0, 0.1) is 0 Å². The van der Waals surface area contributed by atoms with Crippen LogP contribution < -0.4 is 5.32 Å². The lowest BCUT2D eigenvalue weighted by molar-refractivity contribution is -0.131. The third kappa shape index (κ3) is 5.17. The molecule has 0 aromatic heterocycles. The number of unbranched alkanes of at least 4 members (excludes halogenated alkanes) is 3. The Labute approximate surface area is 93.2 Å². The Kier molecular flexibility index (Phi) is 6.41. The molecule has 0 aromatic rings. The van der Waals surface area contributed by atoms with E-state index < -0.39 is 0 Å². The van der Waals surface area contributed by atoms with Crippen LogP contribution in [0.2, 0.25) is 0 Å². The lowest BCUT2D eigenvalue weighted by Crippen LogP contribution is -2.33. The van der Waals surface area contributed by atoms with Gasteiger partial charge in [0.15, 0.2) is 0 Å². The molecule has 1 amide bonds. The van der Waals surface area contributed by atoms with Crippen molar-refractivity contribution in [1.29, 1.82) is 0 Å². The maximum Gasteiger partial charge on any atom is 0.222 e. The van der Waals surface area contributed by atoms with Gasteiger partial charge in [-0.15, -0.1) is 0 Å². The van der Waals surface area contributed by atoms with Crippen LogP contribution >= 0.6 is 0 Å². The largest absolute Gasteiger partial charge is 0.341 e. The van der Waals surface area contributed by atoms with Gasteiger partial charge in [0.25, 0.3) is 0 Å². The van der Waals surface area contributed by atoms with Gasteiger partial charge in [0.05, 0.1) is 0 Å². The van der Waals surface area contributed by atoms with Crippen LogP contribution in [0.15, 0.2) is 0 Å². The number of carbonyl (C=O) groups is 1. The van der Waals surface area contributed by atoms with Crippen molar-refractivity contribution in [2.75, 3.05) is 26.2 Å². The Morgan fingerprint density at radius 3 is 2.87 bits per heavy atom. The lowest BCUT2D eigenvalue weighted by Gasteiger charge is -2.19. The Hall–Kier alpha value is -0.570. The highest BCUT2D eigenvalue weighted by atomic mass is 16.2. The smallest absolute Gasteiger partial charge is 0.222 e. The quantitative estimate of drug-likeness (QED) is 0.705. The van der Waals surface area contributed by atoms with E-state index in [2.05, 4.69) is 12.2 Å². The molecule has 0 saturated carbocycles. The van der Waals surface area contributed by atoms with Crippen molar-refractivity contribution in [1.82, 2.24) is 10.2 Å². The highest BCUT2D eigenvalue weighted by molar-refractivity contribution is 5.76. The normalized spacial score (nSPS) is 17.5. The van der Waals surface area contributed by atoms with Crippen LogP contribution in [0.3, 0.4) is 0 Å². The van der Waals surface area contributed by atoms with Gasteiger partial charge < -0.3 is 10.2 Å². The first-order valence-corrected chi connectivity index (χ1v) is 6.33. The van der Waals surface area contributed by atoms with Crippen molar-refractivity contribution in [3.05, 3.63) is 0 Å². The number of hydrogen-bond acceptors (Lipinski definition) is 2. The van der Waals surface area contributed by atoms with E-state index in [0.717, 1.165) is 45.4 Å². The maximum absolute atomic E-state index is 11.8. The van der Waals surface area contributed by atoms with Crippen LogP contribution in [0.4, 0.5) is 0 Å². The van der Waals surface area contributed by atoms with Gasteiger partial charge in [-0.25, -0.2) is 0 Å². The number of amides is 1. The first-order chi connectivity index (χ1) is 7.34. The maximum atomic E-state index is 11.8. The number of nitrogens with zero attached hydrogens (tertiary/aromatic N) is 1. The van der Waals surface area contributed by atoms with Crippen molar-refractivity contribution >= 4 is 5.91 Å². The van der Waals surface area contributed by atoms with Gasteiger partial charge in [-0.1, -0.05) is 26.2 Å². The highest BCUT2D eigenvalue weighted by Gasteiger charge is 2.13. The zero-order valence-corrected chi connectivity index (χ0v) is 9.93. The van der Waals surface area contributed by atoms with E-state index in [-0.39, 0.29) is 0 Å². The van der Waals surface area contributed by atoms with E-state index in [9.17, 15) is 4.79 Å². The number of carbonyl (C=O) groups excluding carboxylic acids is 1. The molecule has 88 valence electrons. The standard InChI is InChI=1S/C12H24N2O/c1-2-3-4-5-7-12(15)14-10-6-8-13-9-11-14/h13H,2-11H2,1H3. The Morgan fingerprint density at radius 1 is 1.20 bits per heavy atom. The monoisotopic (exact) mass is 212 g/mol. The van der Waals surface area contributed by atoms with Crippen LogP contribution in [0.5, 0.6) is 0 Å². The van der Waals surface area contributed by atoms with E-state index in [1.54, 1.807) is 0 Å². The molecule has 0 aliphatic carbocycles. The summed E-state index contributed by atoms with van der Waals surface area (Å²) in [5.74, 6) is 0.356. The second kappa shape index (κ2) is 7.69.